The molecule has 0 aliphatic heterocycles. The van der Waals surface area contributed by atoms with Crippen molar-refractivity contribution in [3.8, 4) is 0 Å². The molecular formula is C9H10ClNO2. The number of esters is 1. The lowest BCUT2D eigenvalue weighted by Crippen LogP contribution is -2.07. The molecule has 70 valence electrons. The van der Waals surface area contributed by atoms with E-state index in [-0.39, 0.29) is 5.69 Å². The number of nitrogens with zero attached hydrogens (tertiary/aromatic N) is 1. The molecule has 0 aromatic carbocycles. The van der Waals surface area contributed by atoms with E-state index in [9.17, 15) is 4.79 Å². The second-order valence-electron chi connectivity index (χ2n) is 2.52. The van der Waals surface area contributed by atoms with Crippen molar-refractivity contribution in [3.63, 3.8) is 0 Å². The van der Waals surface area contributed by atoms with Crippen molar-refractivity contribution in [1.29, 1.82) is 0 Å². The highest BCUT2D eigenvalue weighted by Gasteiger charge is 2.08. The number of aryl methyl sites for hydroxylation is 1. The molecule has 0 fully saturated rings. The maximum absolute atomic E-state index is 11.2. The third-order valence-electron chi connectivity index (χ3n) is 1.52. The van der Waals surface area contributed by atoms with Gasteiger partial charge in [-0.25, -0.2) is 9.78 Å². The summed E-state index contributed by atoms with van der Waals surface area (Å²) in [5, 5.41) is 0.338. The second kappa shape index (κ2) is 4.23. The van der Waals surface area contributed by atoms with Crippen LogP contribution in [0.5, 0.6) is 0 Å². The first-order valence-corrected chi connectivity index (χ1v) is 4.33. The molecule has 13 heavy (non-hydrogen) atoms. The Morgan fingerprint density at radius 2 is 2.31 bits per heavy atom. The first-order valence-electron chi connectivity index (χ1n) is 3.95. The maximum atomic E-state index is 11.2. The molecule has 1 aromatic rings. The average Bonchev–Trinajstić information content (AvgIpc) is 2.10. The Balaban J connectivity index is 2.90. The number of pyridine rings is 1. The van der Waals surface area contributed by atoms with Gasteiger partial charge in [-0.1, -0.05) is 17.7 Å². The van der Waals surface area contributed by atoms with Gasteiger partial charge in [-0.2, -0.15) is 0 Å². The molecule has 1 heterocycles. The normalized spacial score (nSPS) is 9.77. The number of carbonyl (C=O) groups excluding carboxylic acids is 1. The van der Waals surface area contributed by atoms with Gasteiger partial charge in [-0.05, 0) is 25.5 Å². The van der Waals surface area contributed by atoms with Crippen LogP contribution >= 0.6 is 11.6 Å². The van der Waals surface area contributed by atoms with E-state index in [1.807, 2.05) is 6.92 Å². The Labute approximate surface area is 81.7 Å². The van der Waals surface area contributed by atoms with E-state index < -0.39 is 5.97 Å². The standard InChI is InChI=1S/C9H10ClNO2/c1-3-13-9(12)7-5-4-6(2)8(10)11-7/h4-5H,3H2,1-2H3. The summed E-state index contributed by atoms with van der Waals surface area (Å²) in [6, 6.07) is 3.33. The molecule has 0 radical (unpaired) electrons. The fraction of sp³-hybridized carbons (Fsp3) is 0.333. The van der Waals surface area contributed by atoms with Gasteiger partial charge in [-0.3, -0.25) is 0 Å². The molecule has 1 aromatic heterocycles. The summed E-state index contributed by atoms with van der Waals surface area (Å²) in [4.78, 5) is 15.0. The molecule has 0 aliphatic carbocycles. The van der Waals surface area contributed by atoms with Crippen LogP contribution in [0.25, 0.3) is 0 Å². The van der Waals surface area contributed by atoms with Gasteiger partial charge in [0.25, 0.3) is 0 Å². The molecule has 0 atom stereocenters. The van der Waals surface area contributed by atoms with Crippen molar-refractivity contribution in [2.24, 2.45) is 0 Å². The van der Waals surface area contributed by atoms with Crippen molar-refractivity contribution in [2.45, 2.75) is 13.8 Å². The minimum absolute atomic E-state index is 0.248. The lowest BCUT2D eigenvalue weighted by atomic mass is 10.3. The number of rotatable bonds is 2. The van der Waals surface area contributed by atoms with Crippen molar-refractivity contribution < 1.29 is 9.53 Å². The minimum atomic E-state index is -0.440. The molecule has 0 saturated carbocycles. The molecule has 4 heteroatoms. The first kappa shape index (κ1) is 9.99. The lowest BCUT2D eigenvalue weighted by Gasteiger charge is -2.02. The molecular weight excluding hydrogens is 190 g/mol. The lowest BCUT2D eigenvalue weighted by molar-refractivity contribution is 0.0519. The first-order chi connectivity index (χ1) is 6.15. The van der Waals surface area contributed by atoms with Crippen molar-refractivity contribution >= 4 is 17.6 Å². The molecule has 1 rings (SSSR count). The van der Waals surface area contributed by atoms with Gasteiger partial charge >= 0.3 is 5.97 Å². The van der Waals surface area contributed by atoms with Gasteiger partial charge in [0.1, 0.15) is 10.8 Å². The van der Waals surface area contributed by atoms with Crippen molar-refractivity contribution in [3.05, 3.63) is 28.5 Å². The highest BCUT2D eigenvalue weighted by atomic mass is 35.5. The van der Waals surface area contributed by atoms with Gasteiger partial charge < -0.3 is 4.74 Å². The van der Waals surface area contributed by atoms with E-state index in [1.54, 1.807) is 19.1 Å². The zero-order valence-electron chi connectivity index (χ0n) is 7.50. The molecule has 0 N–H and O–H groups in total. The predicted octanol–water partition coefficient (Wildman–Crippen LogP) is 2.22. The SMILES string of the molecule is CCOC(=O)c1ccc(C)c(Cl)n1. The largest absolute Gasteiger partial charge is 0.461 e. The van der Waals surface area contributed by atoms with Crippen LogP contribution in [-0.4, -0.2) is 17.6 Å². The molecule has 0 saturated heterocycles. The van der Waals surface area contributed by atoms with Crippen molar-refractivity contribution in [1.82, 2.24) is 4.98 Å². The van der Waals surface area contributed by atoms with E-state index in [1.165, 1.54) is 0 Å². The molecule has 0 bridgehead atoms. The Morgan fingerprint density at radius 1 is 1.62 bits per heavy atom. The van der Waals surface area contributed by atoms with E-state index in [4.69, 9.17) is 16.3 Å². The number of aromatic nitrogens is 1. The molecule has 0 amide bonds. The number of hydrogen-bond donors (Lipinski definition) is 0. The van der Waals surface area contributed by atoms with E-state index in [0.29, 0.717) is 11.8 Å². The summed E-state index contributed by atoms with van der Waals surface area (Å²) in [6.07, 6.45) is 0. The quantitative estimate of drug-likeness (QED) is 0.542. The van der Waals surface area contributed by atoms with Crippen LogP contribution in [0, 0.1) is 6.92 Å². The number of ether oxygens (including phenoxy) is 1. The van der Waals surface area contributed by atoms with Crippen LogP contribution in [0.1, 0.15) is 23.0 Å². The third kappa shape index (κ3) is 2.42. The highest BCUT2D eigenvalue weighted by Crippen LogP contribution is 2.12. The van der Waals surface area contributed by atoms with E-state index in [0.717, 1.165) is 5.56 Å². The average molecular weight is 200 g/mol. The van der Waals surface area contributed by atoms with Gasteiger partial charge in [0, 0.05) is 0 Å². The van der Waals surface area contributed by atoms with E-state index >= 15 is 0 Å². The molecule has 3 nitrogen and oxygen atoms in total. The summed E-state index contributed by atoms with van der Waals surface area (Å²) in [6.45, 7) is 3.91. The summed E-state index contributed by atoms with van der Waals surface area (Å²) in [7, 11) is 0. The van der Waals surface area contributed by atoms with Crippen LogP contribution in [-0.2, 0) is 4.74 Å². The summed E-state index contributed by atoms with van der Waals surface area (Å²) in [5.41, 5.74) is 1.09. The van der Waals surface area contributed by atoms with Gasteiger partial charge in [-0.15, -0.1) is 0 Å². The van der Waals surface area contributed by atoms with Crippen LogP contribution in [0.15, 0.2) is 12.1 Å². The van der Waals surface area contributed by atoms with Crippen LogP contribution < -0.4 is 0 Å². The van der Waals surface area contributed by atoms with Gasteiger partial charge in [0.15, 0.2) is 0 Å². The number of halogens is 1. The Hall–Kier alpha value is -1.09. The summed E-state index contributed by atoms with van der Waals surface area (Å²) < 4.78 is 4.76. The Bertz CT molecular complexity index is 325. The minimum Gasteiger partial charge on any atom is -0.461 e. The fourth-order valence-electron chi connectivity index (χ4n) is 0.823. The monoisotopic (exact) mass is 199 g/mol. The number of hydrogen-bond acceptors (Lipinski definition) is 3. The maximum Gasteiger partial charge on any atom is 0.356 e. The zero-order chi connectivity index (χ0) is 9.84. The summed E-state index contributed by atoms with van der Waals surface area (Å²) in [5.74, 6) is -0.440. The smallest absolute Gasteiger partial charge is 0.356 e. The molecule has 0 spiro atoms. The third-order valence-corrected chi connectivity index (χ3v) is 1.90. The van der Waals surface area contributed by atoms with Crippen LogP contribution in [0.2, 0.25) is 5.15 Å². The molecule has 0 aliphatic rings. The van der Waals surface area contributed by atoms with Crippen LogP contribution in [0.4, 0.5) is 0 Å². The molecule has 0 unspecified atom stereocenters. The Morgan fingerprint density at radius 3 is 2.85 bits per heavy atom. The summed E-state index contributed by atoms with van der Waals surface area (Å²) >= 11 is 5.74. The second-order valence-corrected chi connectivity index (χ2v) is 2.88. The zero-order valence-corrected chi connectivity index (χ0v) is 8.26. The number of carbonyl (C=O) groups is 1. The van der Waals surface area contributed by atoms with Crippen molar-refractivity contribution in [2.75, 3.05) is 6.61 Å². The fourth-order valence-corrected chi connectivity index (χ4v) is 0.977. The Kier molecular flexibility index (Phi) is 3.25. The van der Waals surface area contributed by atoms with Gasteiger partial charge in [0.05, 0.1) is 6.61 Å². The topological polar surface area (TPSA) is 39.2 Å². The van der Waals surface area contributed by atoms with Crippen LogP contribution in [0.3, 0.4) is 0 Å². The van der Waals surface area contributed by atoms with Gasteiger partial charge in [0.2, 0.25) is 0 Å². The van der Waals surface area contributed by atoms with E-state index in [2.05, 4.69) is 4.98 Å². The predicted molar refractivity (Wildman–Crippen MR) is 49.9 cm³/mol. The highest BCUT2D eigenvalue weighted by molar-refractivity contribution is 6.30.